The lowest BCUT2D eigenvalue weighted by Gasteiger charge is -2.24. The van der Waals surface area contributed by atoms with Gasteiger partial charge in [-0.05, 0) is 32.0 Å². The summed E-state index contributed by atoms with van der Waals surface area (Å²) in [5.74, 6) is 0. The minimum absolute atomic E-state index is 0.249. The van der Waals surface area contributed by atoms with Gasteiger partial charge in [-0.3, -0.25) is 0 Å². The van der Waals surface area contributed by atoms with Crippen LogP contribution in [0.1, 0.15) is 37.8 Å². The number of benzene rings is 1. The fraction of sp³-hybridized carbons (Fsp3) is 0.625. The molecule has 0 amide bonds. The molecule has 1 aromatic carbocycles. The van der Waals surface area contributed by atoms with Crippen LogP contribution in [0.15, 0.2) is 30.3 Å². The largest absolute Gasteiger partial charge is 0.395 e. The molecule has 2 N–H and O–H groups in total. The predicted molar refractivity (Wildman–Crippen MR) is 81.3 cm³/mol. The molecule has 3 heteroatoms. The molecule has 0 saturated heterocycles. The van der Waals surface area contributed by atoms with Gasteiger partial charge >= 0.3 is 0 Å². The number of hydrogen-bond donors (Lipinski definition) is 2. The van der Waals surface area contributed by atoms with Crippen molar-refractivity contribution < 1.29 is 5.11 Å². The molecule has 0 bridgehead atoms. The second-order valence-corrected chi connectivity index (χ2v) is 4.96. The Morgan fingerprint density at radius 1 is 1.16 bits per heavy atom. The van der Waals surface area contributed by atoms with Gasteiger partial charge in [-0.15, -0.1) is 0 Å². The topological polar surface area (TPSA) is 35.5 Å². The molecule has 0 aliphatic heterocycles. The molecule has 0 heterocycles. The Bertz CT molecular complexity index is 316. The Morgan fingerprint density at radius 3 is 2.47 bits per heavy atom. The van der Waals surface area contributed by atoms with Gasteiger partial charge in [-0.2, -0.15) is 0 Å². The summed E-state index contributed by atoms with van der Waals surface area (Å²) in [5, 5.41) is 12.5. The minimum atomic E-state index is 0.249. The number of aliphatic hydroxyl groups excluding tert-OH is 1. The van der Waals surface area contributed by atoms with Gasteiger partial charge in [-0.25, -0.2) is 0 Å². The summed E-state index contributed by atoms with van der Waals surface area (Å²) in [6.45, 7) is 5.35. The lowest BCUT2D eigenvalue weighted by molar-refractivity contribution is 0.188. The van der Waals surface area contributed by atoms with Gasteiger partial charge in [0.15, 0.2) is 0 Å². The van der Waals surface area contributed by atoms with E-state index in [-0.39, 0.29) is 6.61 Å². The van der Waals surface area contributed by atoms with Crippen LogP contribution in [0.5, 0.6) is 0 Å². The third kappa shape index (κ3) is 6.19. The third-order valence-electron chi connectivity index (χ3n) is 3.53. The summed E-state index contributed by atoms with van der Waals surface area (Å²) in [6.07, 6.45) is 3.48. The Hall–Kier alpha value is -0.900. The standard InChI is InChI=1S/C16H28N2O/c1-3-4-11-18(13-14-19)12-10-16(17-2)15-8-6-5-7-9-15/h5-9,16-17,19H,3-4,10-14H2,1-2H3. The number of nitrogens with one attached hydrogen (secondary N) is 1. The number of unbranched alkanes of at least 4 members (excludes halogenated alkanes) is 1. The number of hydrogen-bond acceptors (Lipinski definition) is 3. The Balaban J connectivity index is 2.46. The van der Waals surface area contributed by atoms with Crippen LogP contribution in [-0.4, -0.2) is 43.3 Å². The molecule has 0 aliphatic rings. The summed E-state index contributed by atoms with van der Waals surface area (Å²) < 4.78 is 0. The van der Waals surface area contributed by atoms with Crippen molar-refractivity contribution in [2.45, 2.75) is 32.2 Å². The van der Waals surface area contributed by atoms with Crippen LogP contribution in [0, 0.1) is 0 Å². The normalized spacial score (nSPS) is 12.8. The van der Waals surface area contributed by atoms with E-state index in [2.05, 4.69) is 47.5 Å². The lowest BCUT2D eigenvalue weighted by atomic mass is 10.0. The maximum Gasteiger partial charge on any atom is 0.0558 e. The summed E-state index contributed by atoms with van der Waals surface area (Å²) in [6, 6.07) is 11.0. The average Bonchev–Trinajstić information content (AvgIpc) is 2.46. The second-order valence-electron chi connectivity index (χ2n) is 4.96. The van der Waals surface area contributed by atoms with Gasteiger partial charge in [0.2, 0.25) is 0 Å². The first-order valence-corrected chi connectivity index (χ1v) is 7.37. The Morgan fingerprint density at radius 2 is 1.89 bits per heavy atom. The summed E-state index contributed by atoms with van der Waals surface area (Å²) in [4.78, 5) is 2.36. The quantitative estimate of drug-likeness (QED) is 0.681. The molecule has 0 saturated carbocycles. The predicted octanol–water partition coefficient (Wildman–Crippen LogP) is 2.43. The summed E-state index contributed by atoms with van der Waals surface area (Å²) in [5.41, 5.74) is 1.34. The van der Waals surface area contributed by atoms with Crippen molar-refractivity contribution in [3.8, 4) is 0 Å². The summed E-state index contributed by atoms with van der Waals surface area (Å²) >= 11 is 0. The number of nitrogens with zero attached hydrogens (tertiary/aromatic N) is 1. The van der Waals surface area contributed by atoms with E-state index in [1.165, 1.54) is 18.4 Å². The van der Waals surface area contributed by atoms with Crippen LogP contribution in [0.25, 0.3) is 0 Å². The van der Waals surface area contributed by atoms with E-state index in [0.29, 0.717) is 6.04 Å². The van der Waals surface area contributed by atoms with Crippen LogP contribution in [0.3, 0.4) is 0 Å². The third-order valence-corrected chi connectivity index (χ3v) is 3.53. The van der Waals surface area contributed by atoms with Gasteiger partial charge in [0.1, 0.15) is 0 Å². The van der Waals surface area contributed by atoms with E-state index >= 15 is 0 Å². The zero-order valence-electron chi connectivity index (χ0n) is 12.3. The molecule has 0 radical (unpaired) electrons. The van der Waals surface area contributed by atoms with E-state index in [9.17, 15) is 0 Å². The molecule has 1 atom stereocenters. The zero-order chi connectivity index (χ0) is 13.9. The molecular formula is C16H28N2O. The van der Waals surface area contributed by atoms with Gasteiger partial charge < -0.3 is 15.3 Å². The molecule has 0 aliphatic carbocycles. The van der Waals surface area contributed by atoms with E-state index in [0.717, 1.165) is 26.1 Å². The second kappa shape index (κ2) is 9.96. The first-order valence-electron chi connectivity index (χ1n) is 7.37. The fourth-order valence-corrected chi connectivity index (χ4v) is 2.33. The van der Waals surface area contributed by atoms with Crippen molar-refractivity contribution in [3.63, 3.8) is 0 Å². The van der Waals surface area contributed by atoms with Crippen molar-refractivity contribution in [1.82, 2.24) is 10.2 Å². The highest BCUT2D eigenvalue weighted by Crippen LogP contribution is 2.16. The van der Waals surface area contributed by atoms with Crippen molar-refractivity contribution in [1.29, 1.82) is 0 Å². The Labute approximate surface area is 117 Å². The van der Waals surface area contributed by atoms with Gasteiger partial charge in [-0.1, -0.05) is 43.7 Å². The molecule has 19 heavy (non-hydrogen) atoms. The molecule has 0 aromatic heterocycles. The van der Waals surface area contributed by atoms with Gasteiger partial charge in [0, 0.05) is 19.1 Å². The fourth-order valence-electron chi connectivity index (χ4n) is 2.33. The summed E-state index contributed by atoms with van der Waals surface area (Å²) in [7, 11) is 2.01. The van der Waals surface area contributed by atoms with Crippen molar-refractivity contribution >= 4 is 0 Å². The van der Waals surface area contributed by atoms with Crippen LogP contribution < -0.4 is 5.32 Å². The number of aliphatic hydroxyl groups is 1. The highest BCUT2D eigenvalue weighted by atomic mass is 16.3. The average molecular weight is 264 g/mol. The van der Waals surface area contributed by atoms with Crippen LogP contribution >= 0.6 is 0 Å². The molecular weight excluding hydrogens is 236 g/mol. The lowest BCUT2D eigenvalue weighted by Crippen LogP contribution is -2.31. The van der Waals surface area contributed by atoms with E-state index < -0.39 is 0 Å². The van der Waals surface area contributed by atoms with E-state index in [1.807, 2.05) is 7.05 Å². The molecule has 108 valence electrons. The van der Waals surface area contributed by atoms with Crippen molar-refractivity contribution in [2.75, 3.05) is 33.3 Å². The van der Waals surface area contributed by atoms with Crippen LogP contribution in [-0.2, 0) is 0 Å². The van der Waals surface area contributed by atoms with Crippen LogP contribution in [0.2, 0.25) is 0 Å². The van der Waals surface area contributed by atoms with Crippen molar-refractivity contribution in [3.05, 3.63) is 35.9 Å². The number of rotatable bonds is 10. The molecule has 1 rings (SSSR count). The SMILES string of the molecule is CCCCN(CCO)CCC(NC)c1ccccc1. The van der Waals surface area contributed by atoms with Gasteiger partial charge in [0.25, 0.3) is 0 Å². The monoisotopic (exact) mass is 264 g/mol. The molecule has 0 spiro atoms. The smallest absolute Gasteiger partial charge is 0.0558 e. The maximum absolute atomic E-state index is 9.12. The molecule has 1 aromatic rings. The minimum Gasteiger partial charge on any atom is -0.395 e. The first-order chi connectivity index (χ1) is 9.31. The van der Waals surface area contributed by atoms with Gasteiger partial charge in [0.05, 0.1) is 6.61 Å². The zero-order valence-corrected chi connectivity index (χ0v) is 12.3. The van der Waals surface area contributed by atoms with E-state index in [4.69, 9.17) is 5.11 Å². The highest BCUT2D eigenvalue weighted by molar-refractivity contribution is 5.18. The molecule has 0 fully saturated rings. The van der Waals surface area contributed by atoms with Crippen LogP contribution in [0.4, 0.5) is 0 Å². The molecule has 3 nitrogen and oxygen atoms in total. The Kier molecular flexibility index (Phi) is 8.47. The van der Waals surface area contributed by atoms with E-state index in [1.54, 1.807) is 0 Å². The molecule has 1 unspecified atom stereocenters. The van der Waals surface area contributed by atoms with Crippen molar-refractivity contribution in [2.24, 2.45) is 0 Å². The first kappa shape index (κ1) is 16.2. The highest BCUT2D eigenvalue weighted by Gasteiger charge is 2.11. The maximum atomic E-state index is 9.12.